The third-order valence-electron chi connectivity index (χ3n) is 5.56. The molecule has 0 saturated heterocycles. The lowest BCUT2D eigenvalue weighted by molar-refractivity contribution is -0.133. The summed E-state index contributed by atoms with van der Waals surface area (Å²) in [6, 6.07) is 18.5. The van der Waals surface area contributed by atoms with Gasteiger partial charge in [0.05, 0.1) is 19.0 Å². The van der Waals surface area contributed by atoms with Crippen LogP contribution in [0.15, 0.2) is 66.7 Å². The van der Waals surface area contributed by atoms with Crippen LogP contribution < -0.4 is 14.8 Å². The number of methoxy groups -OCH3 is 1. The number of aromatic nitrogens is 1. The van der Waals surface area contributed by atoms with Gasteiger partial charge in [0.25, 0.3) is 5.91 Å². The van der Waals surface area contributed by atoms with E-state index in [1.165, 1.54) is 6.92 Å². The van der Waals surface area contributed by atoms with Crippen LogP contribution in [0, 0.1) is 6.92 Å². The third kappa shape index (κ3) is 5.20. The molecule has 0 radical (unpaired) electrons. The predicted molar refractivity (Wildman–Crippen MR) is 134 cm³/mol. The molecule has 0 atom stereocenters. The van der Waals surface area contributed by atoms with Gasteiger partial charge in [0.15, 0.2) is 0 Å². The first-order valence-corrected chi connectivity index (χ1v) is 11.2. The van der Waals surface area contributed by atoms with Gasteiger partial charge in [-0.3, -0.25) is 19.0 Å². The van der Waals surface area contributed by atoms with Crippen LogP contribution >= 0.6 is 11.6 Å². The Morgan fingerprint density at radius 3 is 2.23 bits per heavy atom. The smallest absolute Gasteiger partial charge is 0.315 e. The second-order valence-corrected chi connectivity index (χ2v) is 8.39. The van der Waals surface area contributed by atoms with Crippen molar-refractivity contribution in [1.82, 2.24) is 4.57 Å². The minimum Gasteiger partial charge on any atom is -0.497 e. The van der Waals surface area contributed by atoms with Crippen molar-refractivity contribution in [3.8, 4) is 11.5 Å². The van der Waals surface area contributed by atoms with Gasteiger partial charge in [-0.15, -0.1) is 0 Å². The van der Waals surface area contributed by atoms with E-state index >= 15 is 0 Å². The summed E-state index contributed by atoms with van der Waals surface area (Å²) >= 11 is 5.98. The summed E-state index contributed by atoms with van der Waals surface area (Å²) in [5.41, 5.74) is 3.03. The molecule has 0 saturated carbocycles. The highest BCUT2D eigenvalue weighted by molar-refractivity contribution is 6.30. The molecule has 1 amide bonds. The quantitative estimate of drug-likeness (QED) is 0.288. The van der Waals surface area contributed by atoms with Gasteiger partial charge in [0.1, 0.15) is 11.5 Å². The van der Waals surface area contributed by atoms with Gasteiger partial charge in [-0.05, 0) is 79.2 Å². The maximum Gasteiger partial charge on any atom is 0.315 e. The minimum absolute atomic E-state index is 0.0517. The number of rotatable bonds is 6. The molecule has 7 nitrogen and oxygen atoms in total. The van der Waals surface area contributed by atoms with E-state index in [4.69, 9.17) is 21.1 Å². The van der Waals surface area contributed by atoms with Crippen molar-refractivity contribution >= 4 is 46.0 Å². The van der Waals surface area contributed by atoms with E-state index in [9.17, 15) is 14.4 Å². The summed E-state index contributed by atoms with van der Waals surface area (Å²) < 4.78 is 12.5. The van der Waals surface area contributed by atoms with Gasteiger partial charge >= 0.3 is 5.97 Å². The molecule has 1 aromatic heterocycles. The van der Waals surface area contributed by atoms with Crippen molar-refractivity contribution in [3.63, 3.8) is 0 Å². The van der Waals surface area contributed by atoms with E-state index in [0.29, 0.717) is 44.5 Å². The summed E-state index contributed by atoms with van der Waals surface area (Å²) in [5.74, 6) is 0.0472. The SMILES string of the molecule is COc1ccc2c(c1)c(CC(=O)Oc1ccc(NC(C)=O)cc1)c(C)n2C(=O)c1ccc(Cl)cc1. The number of fused-ring (bicyclic) bond motifs is 1. The number of nitrogens with one attached hydrogen (secondary N) is 1. The Bertz CT molecular complexity index is 1420. The molecule has 4 aromatic rings. The first-order valence-electron chi connectivity index (χ1n) is 10.8. The van der Waals surface area contributed by atoms with Crippen LogP contribution in [0.1, 0.15) is 28.5 Å². The highest BCUT2D eigenvalue weighted by Crippen LogP contribution is 2.31. The monoisotopic (exact) mass is 490 g/mol. The third-order valence-corrected chi connectivity index (χ3v) is 5.82. The van der Waals surface area contributed by atoms with Crippen molar-refractivity contribution in [2.75, 3.05) is 12.4 Å². The molecule has 0 aliphatic carbocycles. The van der Waals surface area contributed by atoms with Gasteiger partial charge in [0, 0.05) is 34.3 Å². The molecule has 0 bridgehead atoms. The molecule has 3 aromatic carbocycles. The van der Waals surface area contributed by atoms with Crippen LogP contribution in [-0.2, 0) is 16.0 Å². The van der Waals surface area contributed by atoms with E-state index in [-0.39, 0.29) is 18.2 Å². The molecular formula is C27H23ClN2O5. The number of esters is 1. The van der Waals surface area contributed by atoms with Gasteiger partial charge in [0.2, 0.25) is 5.91 Å². The molecule has 1 heterocycles. The minimum atomic E-state index is -0.485. The van der Waals surface area contributed by atoms with Crippen LogP contribution in [-0.4, -0.2) is 29.5 Å². The zero-order valence-electron chi connectivity index (χ0n) is 19.4. The summed E-state index contributed by atoms with van der Waals surface area (Å²) in [4.78, 5) is 37.4. The fourth-order valence-electron chi connectivity index (χ4n) is 3.92. The first kappa shape index (κ1) is 24.0. The number of nitrogens with zero attached hydrogens (tertiary/aromatic N) is 1. The Morgan fingerprint density at radius 2 is 1.60 bits per heavy atom. The van der Waals surface area contributed by atoms with Crippen LogP contribution in [0.3, 0.4) is 0 Å². The average molecular weight is 491 g/mol. The van der Waals surface area contributed by atoms with E-state index in [0.717, 1.165) is 5.39 Å². The molecule has 0 unspecified atom stereocenters. The average Bonchev–Trinajstić information content (AvgIpc) is 3.10. The Morgan fingerprint density at radius 1 is 0.943 bits per heavy atom. The normalized spacial score (nSPS) is 10.7. The van der Waals surface area contributed by atoms with E-state index < -0.39 is 5.97 Å². The zero-order valence-corrected chi connectivity index (χ0v) is 20.2. The van der Waals surface area contributed by atoms with Gasteiger partial charge in [-0.2, -0.15) is 0 Å². The lowest BCUT2D eigenvalue weighted by Crippen LogP contribution is -2.15. The summed E-state index contributed by atoms with van der Waals surface area (Å²) in [6.07, 6.45) is -0.0517. The number of hydrogen-bond donors (Lipinski definition) is 1. The molecule has 0 spiro atoms. The second kappa shape index (κ2) is 10.0. The van der Waals surface area contributed by atoms with Gasteiger partial charge in [-0.1, -0.05) is 11.6 Å². The number of carbonyl (C=O) groups excluding carboxylic acids is 3. The lowest BCUT2D eigenvalue weighted by atomic mass is 10.1. The molecule has 0 fully saturated rings. The maximum atomic E-state index is 13.4. The number of hydrogen-bond acceptors (Lipinski definition) is 5. The molecule has 1 N–H and O–H groups in total. The lowest BCUT2D eigenvalue weighted by Gasteiger charge is -2.08. The molecule has 178 valence electrons. The van der Waals surface area contributed by atoms with Crippen molar-refractivity contribution in [3.05, 3.63) is 88.6 Å². The van der Waals surface area contributed by atoms with Crippen LogP contribution in [0.25, 0.3) is 10.9 Å². The van der Waals surface area contributed by atoms with Crippen LogP contribution in [0.2, 0.25) is 5.02 Å². The molecule has 4 rings (SSSR count). The van der Waals surface area contributed by atoms with Crippen molar-refractivity contribution in [2.45, 2.75) is 20.3 Å². The van der Waals surface area contributed by atoms with E-state index in [1.807, 2.05) is 0 Å². The van der Waals surface area contributed by atoms with Crippen molar-refractivity contribution in [1.29, 1.82) is 0 Å². The fraction of sp³-hybridized carbons (Fsp3) is 0.148. The standard InChI is InChI=1S/C27H23ClN2O5/c1-16-23(15-26(32)35-21-10-8-20(9-11-21)29-17(2)31)24-14-22(34-3)12-13-25(24)30(16)27(33)18-4-6-19(28)7-5-18/h4-14H,15H2,1-3H3,(H,29,31). The number of benzene rings is 3. The van der Waals surface area contributed by atoms with Crippen molar-refractivity contribution < 1.29 is 23.9 Å². The highest BCUT2D eigenvalue weighted by Gasteiger charge is 2.22. The molecule has 0 aliphatic rings. The topological polar surface area (TPSA) is 86.6 Å². The van der Waals surface area contributed by atoms with Crippen molar-refractivity contribution in [2.24, 2.45) is 0 Å². The summed E-state index contributed by atoms with van der Waals surface area (Å²) in [5, 5.41) is 3.92. The van der Waals surface area contributed by atoms with E-state index in [1.54, 1.807) is 85.3 Å². The number of halogens is 1. The van der Waals surface area contributed by atoms with Gasteiger partial charge in [-0.25, -0.2) is 0 Å². The first-order chi connectivity index (χ1) is 16.8. The van der Waals surface area contributed by atoms with E-state index in [2.05, 4.69) is 5.32 Å². The Hall–Kier alpha value is -4.10. The van der Waals surface area contributed by atoms with Crippen LogP contribution in [0.4, 0.5) is 5.69 Å². The maximum absolute atomic E-state index is 13.4. The largest absolute Gasteiger partial charge is 0.497 e. The Kier molecular flexibility index (Phi) is 6.89. The second-order valence-electron chi connectivity index (χ2n) is 7.95. The Labute approximate surface area is 207 Å². The summed E-state index contributed by atoms with van der Waals surface area (Å²) in [7, 11) is 1.56. The number of anilines is 1. The Balaban J connectivity index is 1.66. The summed E-state index contributed by atoms with van der Waals surface area (Å²) in [6.45, 7) is 3.21. The zero-order chi connectivity index (χ0) is 25.1. The number of ether oxygens (including phenoxy) is 2. The highest BCUT2D eigenvalue weighted by atomic mass is 35.5. The van der Waals surface area contributed by atoms with Gasteiger partial charge < -0.3 is 14.8 Å². The number of carbonyl (C=O) groups is 3. The fourth-order valence-corrected chi connectivity index (χ4v) is 4.04. The molecule has 35 heavy (non-hydrogen) atoms. The molecular weight excluding hydrogens is 468 g/mol. The predicted octanol–water partition coefficient (Wildman–Crippen LogP) is 5.41. The molecule has 8 heteroatoms. The van der Waals surface area contributed by atoms with Crippen LogP contribution in [0.5, 0.6) is 11.5 Å². The number of amides is 1. The molecule has 0 aliphatic heterocycles.